The summed E-state index contributed by atoms with van der Waals surface area (Å²) in [5, 5.41) is 12.3. The molecule has 0 aromatic heterocycles. The van der Waals surface area contributed by atoms with E-state index in [0.717, 1.165) is 30.8 Å². The number of carbonyl (C=O) groups is 1. The average molecular weight is 314 g/mol. The van der Waals surface area contributed by atoms with Crippen molar-refractivity contribution in [1.82, 2.24) is 10.8 Å². The standard InChI is InChI=1S/C19H26N2O2/c22-18(21-23)17-3-1-13(2-4-17)11-20-12-19-8-14-5-15(9-19)7-16(6-14)10-19/h1-4,14-16,20,23H,5-12H2,(H,21,22). The van der Waals surface area contributed by atoms with Crippen LogP contribution in [0, 0.1) is 23.2 Å². The lowest BCUT2D eigenvalue weighted by Gasteiger charge is -2.57. The lowest BCUT2D eigenvalue weighted by Crippen LogP contribution is -2.50. The van der Waals surface area contributed by atoms with E-state index in [9.17, 15) is 4.79 Å². The number of amides is 1. The average Bonchev–Trinajstić information content (AvgIpc) is 2.53. The van der Waals surface area contributed by atoms with E-state index in [-0.39, 0.29) is 0 Å². The Bertz CT molecular complexity index is 546. The van der Waals surface area contributed by atoms with Gasteiger partial charge in [-0.2, -0.15) is 0 Å². The van der Waals surface area contributed by atoms with Crippen molar-refractivity contribution in [2.24, 2.45) is 23.2 Å². The van der Waals surface area contributed by atoms with Gasteiger partial charge in [0.25, 0.3) is 5.91 Å². The SMILES string of the molecule is O=C(NO)c1ccc(CNCC23CC4CC(CC(C4)C2)C3)cc1. The maximum Gasteiger partial charge on any atom is 0.274 e. The Balaban J connectivity index is 1.33. The minimum Gasteiger partial charge on any atom is -0.312 e. The molecule has 4 fully saturated rings. The normalized spacial score (nSPS) is 34.6. The van der Waals surface area contributed by atoms with Crippen LogP contribution in [0.15, 0.2) is 24.3 Å². The molecule has 4 aliphatic rings. The number of nitrogens with one attached hydrogen (secondary N) is 2. The molecule has 124 valence electrons. The lowest BCUT2D eigenvalue weighted by atomic mass is 9.49. The second kappa shape index (κ2) is 5.91. The molecule has 0 atom stereocenters. The van der Waals surface area contributed by atoms with Crippen molar-refractivity contribution in [2.45, 2.75) is 45.1 Å². The molecule has 1 amide bonds. The van der Waals surface area contributed by atoms with Gasteiger partial charge < -0.3 is 5.32 Å². The first-order valence-corrected chi connectivity index (χ1v) is 8.90. The van der Waals surface area contributed by atoms with Gasteiger partial charge in [0.05, 0.1) is 0 Å². The van der Waals surface area contributed by atoms with Crippen LogP contribution in [0.3, 0.4) is 0 Å². The van der Waals surface area contributed by atoms with Gasteiger partial charge in [0.2, 0.25) is 0 Å². The quantitative estimate of drug-likeness (QED) is 0.578. The first-order chi connectivity index (χ1) is 11.2. The molecule has 0 aliphatic heterocycles. The minimum atomic E-state index is -0.460. The summed E-state index contributed by atoms with van der Waals surface area (Å²) in [4.78, 5) is 11.3. The highest BCUT2D eigenvalue weighted by atomic mass is 16.5. The van der Waals surface area contributed by atoms with Crippen LogP contribution in [0.4, 0.5) is 0 Å². The van der Waals surface area contributed by atoms with Crippen molar-refractivity contribution in [3.05, 3.63) is 35.4 Å². The maximum atomic E-state index is 11.3. The second-order valence-electron chi connectivity index (χ2n) is 8.16. The van der Waals surface area contributed by atoms with Gasteiger partial charge in [0.15, 0.2) is 0 Å². The van der Waals surface area contributed by atoms with Gasteiger partial charge >= 0.3 is 0 Å². The predicted molar refractivity (Wildman–Crippen MR) is 88.0 cm³/mol. The maximum absolute atomic E-state index is 11.3. The summed E-state index contributed by atoms with van der Waals surface area (Å²) in [6.07, 6.45) is 8.78. The fraction of sp³-hybridized carbons (Fsp3) is 0.632. The fourth-order valence-electron chi connectivity index (χ4n) is 5.82. The Kier molecular flexibility index (Phi) is 3.90. The third-order valence-corrected chi connectivity index (χ3v) is 6.31. The summed E-state index contributed by atoms with van der Waals surface area (Å²) < 4.78 is 0. The van der Waals surface area contributed by atoms with E-state index in [0.29, 0.717) is 11.0 Å². The van der Waals surface area contributed by atoms with Crippen LogP contribution in [-0.4, -0.2) is 17.7 Å². The van der Waals surface area contributed by atoms with E-state index in [1.54, 1.807) is 17.6 Å². The molecular weight excluding hydrogens is 288 g/mol. The number of hydrogen-bond acceptors (Lipinski definition) is 3. The zero-order chi connectivity index (χ0) is 15.9. The highest BCUT2D eigenvalue weighted by molar-refractivity contribution is 5.93. The summed E-state index contributed by atoms with van der Waals surface area (Å²) in [7, 11) is 0. The molecular formula is C19H26N2O2. The summed E-state index contributed by atoms with van der Waals surface area (Å²) >= 11 is 0. The smallest absolute Gasteiger partial charge is 0.274 e. The Morgan fingerprint density at radius 2 is 1.61 bits per heavy atom. The van der Waals surface area contributed by atoms with E-state index >= 15 is 0 Å². The Labute approximate surface area is 137 Å². The van der Waals surface area contributed by atoms with Crippen LogP contribution in [0.1, 0.15) is 54.4 Å². The van der Waals surface area contributed by atoms with E-state index in [4.69, 9.17) is 5.21 Å². The Morgan fingerprint density at radius 3 is 2.13 bits per heavy atom. The first kappa shape index (κ1) is 15.2. The van der Waals surface area contributed by atoms with Crippen LogP contribution >= 0.6 is 0 Å². The molecule has 4 bridgehead atoms. The van der Waals surface area contributed by atoms with E-state index in [1.807, 2.05) is 12.1 Å². The van der Waals surface area contributed by atoms with Gasteiger partial charge in [0.1, 0.15) is 0 Å². The fourth-order valence-corrected chi connectivity index (χ4v) is 5.82. The topological polar surface area (TPSA) is 61.4 Å². The molecule has 23 heavy (non-hydrogen) atoms. The summed E-state index contributed by atoms with van der Waals surface area (Å²) in [6.45, 7) is 1.98. The molecule has 4 heteroatoms. The highest BCUT2D eigenvalue weighted by Gasteiger charge is 2.50. The van der Waals surface area contributed by atoms with Crippen molar-refractivity contribution in [3.8, 4) is 0 Å². The molecule has 4 saturated carbocycles. The number of hydroxylamine groups is 1. The third-order valence-electron chi connectivity index (χ3n) is 6.31. The van der Waals surface area contributed by atoms with Crippen LogP contribution in [0.2, 0.25) is 0 Å². The molecule has 0 heterocycles. The molecule has 0 radical (unpaired) electrons. The largest absolute Gasteiger partial charge is 0.312 e. The molecule has 4 aliphatic carbocycles. The van der Waals surface area contributed by atoms with Crippen LogP contribution < -0.4 is 10.8 Å². The monoisotopic (exact) mass is 314 g/mol. The zero-order valence-corrected chi connectivity index (χ0v) is 13.6. The Morgan fingerprint density at radius 1 is 1.04 bits per heavy atom. The van der Waals surface area contributed by atoms with E-state index in [1.165, 1.54) is 44.1 Å². The zero-order valence-electron chi connectivity index (χ0n) is 13.6. The number of carbonyl (C=O) groups excluding carboxylic acids is 1. The first-order valence-electron chi connectivity index (χ1n) is 8.90. The highest BCUT2D eigenvalue weighted by Crippen LogP contribution is 2.59. The van der Waals surface area contributed by atoms with Gasteiger partial charge in [-0.25, -0.2) is 5.48 Å². The van der Waals surface area contributed by atoms with Crippen molar-refractivity contribution in [3.63, 3.8) is 0 Å². The molecule has 1 aromatic rings. The van der Waals surface area contributed by atoms with Gasteiger partial charge in [-0.3, -0.25) is 10.0 Å². The summed E-state index contributed by atoms with van der Waals surface area (Å²) in [5.74, 6) is 2.54. The lowest BCUT2D eigenvalue weighted by molar-refractivity contribution is -0.0514. The molecule has 5 rings (SSSR count). The summed E-state index contributed by atoms with van der Waals surface area (Å²) in [6, 6.07) is 7.43. The van der Waals surface area contributed by atoms with Crippen LogP contribution in [0.25, 0.3) is 0 Å². The molecule has 0 unspecified atom stereocenters. The van der Waals surface area contributed by atoms with Crippen LogP contribution in [0.5, 0.6) is 0 Å². The van der Waals surface area contributed by atoms with Crippen molar-refractivity contribution in [2.75, 3.05) is 6.54 Å². The number of benzene rings is 1. The van der Waals surface area contributed by atoms with Gasteiger partial charge in [0, 0.05) is 18.7 Å². The van der Waals surface area contributed by atoms with E-state index in [2.05, 4.69) is 5.32 Å². The molecule has 0 saturated heterocycles. The van der Waals surface area contributed by atoms with Gasteiger partial charge in [-0.05, 0) is 79.4 Å². The third kappa shape index (κ3) is 3.02. The number of hydrogen-bond donors (Lipinski definition) is 3. The minimum absolute atomic E-state index is 0.460. The van der Waals surface area contributed by atoms with Gasteiger partial charge in [-0.1, -0.05) is 12.1 Å². The van der Waals surface area contributed by atoms with Crippen molar-refractivity contribution >= 4 is 5.91 Å². The van der Waals surface area contributed by atoms with Crippen molar-refractivity contribution < 1.29 is 10.0 Å². The van der Waals surface area contributed by atoms with Crippen LogP contribution in [-0.2, 0) is 6.54 Å². The van der Waals surface area contributed by atoms with Gasteiger partial charge in [-0.15, -0.1) is 0 Å². The molecule has 4 nitrogen and oxygen atoms in total. The van der Waals surface area contributed by atoms with Crippen molar-refractivity contribution in [1.29, 1.82) is 0 Å². The number of rotatable bonds is 5. The molecule has 0 spiro atoms. The summed E-state index contributed by atoms with van der Waals surface area (Å²) in [5.41, 5.74) is 3.89. The van der Waals surface area contributed by atoms with E-state index < -0.39 is 5.91 Å². The predicted octanol–water partition coefficient (Wildman–Crippen LogP) is 3.11. The Hall–Kier alpha value is -1.39. The molecule has 3 N–H and O–H groups in total. The second-order valence-corrected chi connectivity index (χ2v) is 8.16. The molecule has 1 aromatic carbocycles.